The molecular formula is C10H16ClN5O. The molecule has 0 amide bonds. The zero-order chi connectivity index (χ0) is 11.7. The van der Waals surface area contributed by atoms with Crippen molar-refractivity contribution in [3.63, 3.8) is 0 Å². The van der Waals surface area contributed by atoms with Gasteiger partial charge in [0.25, 0.3) is 0 Å². The standard InChI is InChI=1S/C10H15N5O.ClH/c1-7(16)6-14(3)10-5-4-9-12-11-8(2)15(9)13-10;/h4-5,7,16H,6H2,1-3H3;1H. The Morgan fingerprint density at radius 3 is 2.76 bits per heavy atom. The van der Waals surface area contributed by atoms with Crippen LogP contribution in [0.3, 0.4) is 0 Å². The lowest BCUT2D eigenvalue weighted by molar-refractivity contribution is 0.201. The number of aliphatic hydroxyl groups excluding tert-OH is 1. The van der Waals surface area contributed by atoms with Crippen LogP contribution in [-0.4, -0.2) is 44.6 Å². The van der Waals surface area contributed by atoms with Gasteiger partial charge in [-0.2, -0.15) is 4.52 Å². The molecule has 7 heteroatoms. The molecule has 1 unspecified atom stereocenters. The Kier molecular flexibility index (Phi) is 4.25. The highest BCUT2D eigenvalue weighted by Gasteiger charge is 2.08. The lowest BCUT2D eigenvalue weighted by atomic mass is 10.3. The molecule has 0 saturated carbocycles. The number of aryl methyl sites for hydroxylation is 1. The molecule has 1 N–H and O–H groups in total. The average molecular weight is 258 g/mol. The fraction of sp³-hybridized carbons (Fsp3) is 0.500. The Balaban J connectivity index is 0.00000144. The summed E-state index contributed by atoms with van der Waals surface area (Å²) in [4.78, 5) is 1.89. The Labute approximate surface area is 106 Å². The van der Waals surface area contributed by atoms with E-state index in [9.17, 15) is 5.11 Å². The molecule has 0 aliphatic heterocycles. The van der Waals surface area contributed by atoms with Crippen LogP contribution in [0.4, 0.5) is 5.82 Å². The monoisotopic (exact) mass is 257 g/mol. The summed E-state index contributed by atoms with van der Waals surface area (Å²) in [5.74, 6) is 1.54. The first-order chi connectivity index (χ1) is 7.58. The second-order valence-electron chi connectivity index (χ2n) is 3.94. The summed E-state index contributed by atoms with van der Waals surface area (Å²) >= 11 is 0. The summed E-state index contributed by atoms with van der Waals surface area (Å²) in [5, 5.41) is 21.6. The minimum absolute atomic E-state index is 0. The van der Waals surface area contributed by atoms with Crippen molar-refractivity contribution in [3.8, 4) is 0 Å². The van der Waals surface area contributed by atoms with Crippen LogP contribution in [0.15, 0.2) is 12.1 Å². The minimum Gasteiger partial charge on any atom is -0.392 e. The van der Waals surface area contributed by atoms with E-state index in [1.54, 1.807) is 11.4 Å². The highest BCUT2D eigenvalue weighted by Crippen LogP contribution is 2.10. The van der Waals surface area contributed by atoms with Crippen molar-refractivity contribution in [2.45, 2.75) is 20.0 Å². The second kappa shape index (κ2) is 5.29. The van der Waals surface area contributed by atoms with Gasteiger partial charge in [-0.05, 0) is 26.0 Å². The molecule has 1 atom stereocenters. The van der Waals surface area contributed by atoms with E-state index in [0.29, 0.717) is 6.54 Å². The van der Waals surface area contributed by atoms with Crippen LogP contribution in [0.1, 0.15) is 12.7 Å². The molecule has 2 rings (SSSR count). The Bertz CT molecular complexity index is 498. The van der Waals surface area contributed by atoms with Gasteiger partial charge in [-0.1, -0.05) is 0 Å². The van der Waals surface area contributed by atoms with Crippen LogP contribution in [-0.2, 0) is 0 Å². The van der Waals surface area contributed by atoms with E-state index < -0.39 is 0 Å². The van der Waals surface area contributed by atoms with Gasteiger partial charge in [-0.25, -0.2) is 0 Å². The number of aliphatic hydroxyl groups is 1. The van der Waals surface area contributed by atoms with Gasteiger partial charge in [0.2, 0.25) is 0 Å². The average Bonchev–Trinajstić information content (AvgIpc) is 2.59. The number of rotatable bonds is 3. The van der Waals surface area contributed by atoms with Crippen molar-refractivity contribution in [1.29, 1.82) is 0 Å². The maximum absolute atomic E-state index is 9.31. The first-order valence-electron chi connectivity index (χ1n) is 5.16. The van der Waals surface area contributed by atoms with Crippen molar-refractivity contribution in [3.05, 3.63) is 18.0 Å². The maximum atomic E-state index is 9.31. The fourth-order valence-corrected chi connectivity index (χ4v) is 1.58. The zero-order valence-electron chi connectivity index (χ0n) is 10.0. The van der Waals surface area contributed by atoms with Crippen molar-refractivity contribution in [1.82, 2.24) is 19.8 Å². The summed E-state index contributed by atoms with van der Waals surface area (Å²) in [5.41, 5.74) is 0.728. The topological polar surface area (TPSA) is 66.5 Å². The Morgan fingerprint density at radius 1 is 1.41 bits per heavy atom. The van der Waals surface area contributed by atoms with Crippen molar-refractivity contribution >= 4 is 23.9 Å². The van der Waals surface area contributed by atoms with Gasteiger partial charge in [0.05, 0.1) is 6.10 Å². The first-order valence-corrected chi connectivity index (χ1v) is 5.16. The largest absolute Gasteiger partial charge is 0.392 e. The molecule has 0 saturated heterocycles. The van der Waals surface area contributed by atoms with Crippen LogP contribution in [0.25, 0.3) is 5.65 Å². The van der Waals surface area contributed by atoms with Crippen LogP contribution < -0.4 is 4.90 Å². The normalized spacial score (nSPS) is 12.2. The number of halogens is 1. The Morgan fingerprint density at radius 2 is 2.12 bits per heavy atom. The Hall–Kier alpha value is -1.40. The van der Waals surface area contributed by atoms with Crippen molar-refractivity contribution in [2.24, 2.45) is 0 Å². The number of anilines is 1. The minimum atomic E-state index is -0.385. The summed E-state index contributed by atoms with van der Waals surface area (Å²) in [6, 6.07) is 3.73. The molecule has 0 aliphatic carbocycles. The van der Waals surface area contributed by atoms with E-state index in [4.69, 9.17) is 0 Å². The highest BCUT2D eigenvalue weighted by atomic mass is 35.5. The van der Waals surface area contributed by atoms with Crippen LogP contribution in [0, 0.1) is 6.92 Å². The van der Waals surface area contributed by atoms with Gasteiger partial charge in [-0.3, -0.25) is 0 Å². The smallest absolute Gasteiger partial charge is 0.178 e. The number of fused-ring (bicyclic) bond motifs is 1. The predicted molar refractivity (Wildman–Crippen MR) is 67.7 cm³/mol. The predicted octanol–water partition coefficient (Wildman–Crippen LogP) is 0.672. The van der Waals surface area contributed by atoms with Crippen molar-refractivity contribution < 1.29 is 5.11 Å². The summed E-state index contributed by atoms with van der Waals surface area (Å²) in [6.07, 6.45) is -0.385. The third kappa shape index (κ3) is 2.83. The summed E-state index contributed by atoms with van der Waals surface area (Å²) < 4.78 is 1.69. The van der Waals surface area contributed by atoms with Gasteiger partial charge >= 0.3 is 0 Å². The van der Waals surface area contributed by atoms with Crippen LogP contribution in [0.5, 0.6) is 0 Å². The lowest BCUT2D eigenvalue weighted by Gasteiger charge is -2.19. The fourth-order valence-electron chi connectivity index (χ4n) is 1.58. The third-order valence-corrected chi connectivity index (χ3v) is 2.33. The quantitative estimate of drug-likeness (QED) is 0.876. The van der Waals surface area contributed by atoms with Crippen molar-refractivity contribution in [2.75, 3.05) is 18.5 Å². The van der Waals surface area contributed by atoms with Gasteiger partial charge in [0.15, 0.2) is 11.5 Å². The van der Waals surface area contributed by atoms with Gasteiger partial charge in [-0.15, -0.1) is 27.7 Å². The summed E-state index contributed by atoms with van der Waals surface area (Å²) in [7, 11) is 1.89. The molecule has 0 aliphatic rings. The molecular weight excluding hydrogens is 242 g/mol. The lowest BCUT2D eigenvalue weighted by Crippen LogP contribution is -2.28. The molecule has 2 aromatic rings. The summed E-state index contributed by atoms with van der Waals surface area (Å²) in [6.45, 7) is 4.14. The van der Waals surface area contributed by atoms with E-state index in [-0.39, 0.29) is 18.5 Å². The number of nitrogens with zero attached hydrogens (tertiary/aromatic N) is 5. The number of likely N-dealkylation sites (N-methyl/N-ethyl adjacent to an activating group) is 1. The van der Waals surface area contributed by atoms with E-state index >= 15 is 0 Å². The molecule has 94 valence electrons. The molecule has 2 aromatic heterocycles. The van der Waals surface area contributed by atoms with Crippen LogP contribution >= 0.6 is 12.4 Å². The molecule has 6 nitrogen and oxygen atoms in total. The van der Waals surface area contributed by atoms with Gasteiger partial charge < -0.3 is 10.0 Å². The van der Waals surface area contributed by atoms with E-state index in [1.165, 1.54) is 0 Å². The van der Waals surface area contributed by atoms with E-state index in [0.717, 1.165) is 17.3 Å². The first kappa shape index (κ1) is 13.7. The number of aromatic nitrogens is 4. The number of hydrogen-bond acceptors (Lipinski definition) is 5. The molecule has 17 heavy (non-hydrogen) atoms. The molecule has 0 bridgehead atoms. The molecule has 2 heterocycles. The SMILES string of the molecule is Cc1nnc2ccc(N(C)CC(C)O)nn12.Cl. The third-order valence-electron chi connectivity index (χ3n) is 2.33. The maximum Gasteiger partial charge on any atom is 0.178 e. The molecule has 0 radical (unpaired) electrons. The van der Waals surface area contributed by atoms with Gasteiger partial charge in [0, 0.05) is 13.6 Å². The van der Waals surface area contributed by atoms with Gasteiger partial charge in [0.1, 0.15) is 5.82 Å². The molecule has 0 fully saturated rings. The van der Waals surface area contributed by atoms with E-state index in [1.807, 2.05) is 31.0 Å². The highest BCUT2D eigenvalue weighted by molar-refractivity contribution is 5.85. The molecule has 0 aromatic carbocycles. The van der Waals surface area contributed by atoms with Crippen LogP contribution in [0.2, 0.25) is 0 Å². The number of hydrogen-bond donors (Lipinski definition) is 1. The zero-order valence-corrected chi connectivity index (χ0v) is 10.8. The van der Waals surface area contributed by atoms with E-state index in [2.05, 4.69) is 15.3 Å². The second-order valence-corrected chi connectivity index (χ2v) is 3.94. The molecule has 0 spiro atoms.